The van der Waals surface area contributed by atoms with Crippen LogP contribution in [0.25, 0.3) is 0 Å². The normalized spacial score (nSPS) is 15.7. The molecule has 0 spiro atoms. The molecule has 0 aliphatic carbocycles. The number of aliphatic imine (C=N–C) groups is 1. The minimum atomic E-state index is -1.17. The van der Waals surface area contributed by atoms with E-state index in [2.05, 4.69) is 20.9 Å². The maximum Gasteiger partial charge on any atom is 0.409 e. The van der Waals surface area contributed by atoms with Crippen molar-refractivity contribution in [3.63, 3.8) is 0 Å². The summed E-state index contributed by atoms with van der Waals surface area (Å²) in [6.07, 6.45) is -1.96. The summed E-state index contributed by atoms with van der Waals surface area (Å²) in [6.45, 7) is 1.02. The second-order valence-corrected chi connectivity index (χ2v) is 7.99. The highest BCUT2D eigenvalue weighted by Gasteiger charge is 2.28. The summed E-state index contributed by atoms with van der Waals surface area (Å²) in [5.41, 5.74) is 3.64. The van der Waals surface area contributed by atoms with E-state index in [4.69, 9.17) is 9.84 Å². The Labute approximate surface area is 204 Å². The number of carbonyl (C=O) groups excluding carboxylic acids is 2. The number of para-hydroxylation sites is 1. The van der Waals surface area contributed by atoms with Gasteiger partial charge in [0.25, 0.3) is 5.91 Å². The van der Waals surface area contributed by atoms with Crippen molar-refractivity contribution in [3.05, 3.63) is 102 Å². The summed E-state index contributed by atoms with van der Waals surface area (Å²) >= 11 is 0. The van der Waals surface area contributed by atoms with Crippen molar-refractivity contribution >= 4 is 23.4 Å². The van der Waals surface area contributed by atoms with Crippen molar-refractivity contribution in [2.75, 3.05) is 25.0 Å². The Morgan fingerprint density at radius 2 is 1.66 bits per heavy atom. The SMILES string of the molecule is O=C(N[C@@H]1N=C(c2ccccc2)c2ccccc2NC1=O)O[C@H](CCNCCO)c1ccccc1. The number of nitrogens with zero attached hydrogens (tertiary/aromatic N) is 1. The molecule has 3 aromatic carbocycles. The van der Waals surface area contributed by atoms with Gasteiger partial charge < -0.3 is 20.5 Å². The summed E-state index contributed by atoms with van der Waals surface area (Å²) in [5.74, 6) is -0.457. The molecule has 0 fully saturated rings. The van der Waals surface area contributed by atoms with Crippen LogP contribution in [0.3, 0.4) is 0 Å². The average molecular weight is 473 g/mol. The Morgan fingerprint density at radius 3 is 2.40 bits per heavy atom. The summed E-state index contributed by atoms with van der Waals surface area (Å²) in [7, 11) is 0. The fourth-order valence-corrected chi connectivity index (χ4v) is 3.85. The zero-order valence-corrected chi connectivity index (χ0v) is 19.2. The molecule has 4 rings (SSSR count). The molecular weight excluding hydrogens is 444 g/mol. The maximum atomic E-state index is 13.0. The first-order chi connectivity index (χ1) is 17.2. The summed E-state index contributed by atoms with van der Waals surface area (Å²) in [4.78, 5) is 30.5. The monoisotopic (exact) mass is 472 g/mol. The van der Waals surface area contributed by atoms with Crippen molar-refractivity contribution in [1.82, 2.24) is 10.6 Å². The quantitative estimate of drug-likeness (QED) is 0.357. The van der Waals surface area contributed by atoms with E-state index < -0.39 is 24.3 Å². The van der Waals surface area contributed by atoms with E-state index in [9.17, 15) is 9.59 Å². The number of fused-ring (bicyclic) bond motifs is 1. The van der Waals surface area contributed by atoms with E-state index in [1.54, 1.807) is 6.07 Å². The summed E-state index contributed by atoms with van der Waals surface area (Å²) in [5, 5.41) is 17.6. The van der Waals surface area contributed by atoms with Gasteiger partial charge in [0.2, 0.25) is 6.17 Å². The number of alkyl carbamates (subject to hydrolysis) is 1. The number of carbonyl (C=O) groups is 2. The van der Waals surface area contributed by atoms with Crippen LogP contribution in [-0.4, -0.2) is 48.7 Å². The molecule has 35 heavy (non-hydrogen) atoms. The van der Waals surface area contributed by atoms with Crippen molar-refractivity contribution in [3.8, 4) is 0 Å². The number of ether oxygens (including phenoxy) is 1. The van der Waals surface area contributed by atoms with Gasteiger partial charge in [-0.3, -0.25) is 10.1 Å². The Hall–Kier alpha value is -4.01. The van der Waals surface area contributed by atoms with E-state index in [0.29, 0.717) is 30.9 Å². The highest BCUT2D eigenvalue weighted by atomic mass is 16.6. The highest BCUT2D eigenvalue weighted by Crippen LogP contribution is 2.24. The fourth-order valence-electron chi connectivity index (χ4n) is 3.85. The maximum absolute atomic E-state index is 13.0. The van der Waals surface area contributed by atoms with Crippen LogP contribution < -0.4 is 16.0 Å². The molecule has 0 bridgehead atoms. The molecule has 0 aromatic heterocycles. The third-order valence-electron chi connectivity index (χ3n) is 5.54. The van der Waals surface area contributed by atoms with Crippen molar-refractivity contribution in [2.24, 2.45) is 4.99 Å². The van der Waals surface area contributed by atoms with Crippen LogP contribution >= 0.6 is 0 Å². The fraction of sp³-hybridized carbons (Fsp3) is 0.222. The van der Waals surface area contributed by atoms with Crippen LogP contribution in [0.4, 0.5) is 10.5 Å². The predicted molar refractivity (Wildman–Crippen MR) is 134 cm³/mol. The number of benzodiazepines with no additional fused rings is 1. The molecule has 1 aliphatic heterocycles. The number of anilines is 1. The zero-order chi connectivity index (χ0) is 24.5. The lowest BCUT2D eigenvalue weighted by molar-refractivity contribution is -0.117. The average Bonchev–Trinajstić information content (AvgIpc) is 3.03. The van der Waals surface area contributed by atoms with E-state index in [1.807, 2.05) is 78.9 Å². The van der Waals surface area contributed by atoms with Crippen LogP contribution in [0, 0.1) is 0 Å². The summed E-state index contributed by atoms with van der Waals surface area (Å²) < 4.78 is 5.72. The lowest BCUT2D eigenvalue weighted by atomic mass is 10.0. The van der Waals surface area contributed by atoms with Crippen molar-refractivity contribution in [2.45, 2.75) is 18.7 Å². The zero-order valence-electron chi connectivity index (χ0n) is 19.2. The number of aliphatic hydroxyl groups is 1. The topological polar surface area (TPSA) is 112 Å². The molecule has 2 amide bonds. The van der Waals surface area contributed by atoms with Crippen molar-refractivity contribution in [1.29, 1.82) is 0 Å². The van der Waals surface area contributed by atoms with E-state index >= 15 is 0 Å². The minimum absolute atomic E-state index is 0.0261. The number of nitrogens with one attached hydrogen (secondary N) is 3. The third kappa shape index (κ3) is 6.32. The van der Waals surface area contributed by atoms with E-state index in [1.165, 1.54) is 0 Å². The van der Waals surface area contributed by atoms with Gasteiger partial charge in [-0.15, -0.1) is 0 Å². The second kappa shape index (κ2) is 11.9. The standard InChI is InChI=1S/C27H28N4O4/c32-18-17-28-16-15-23(19-9-3-1-4-10-19)35-27(34)31-25-26(33)29-22-14-8-7-13-21(22)24(30-25)20-11-5-2-6-12-20/h1-14,23,25,28,32H,15-18H2,(H,29,33)(H,31,34)/t23-,25+/m1/s1. The van der Waals surface area contributed by atoms with Crippen molar-refractivity contribution < 1.29 is 19.4 Å². The predicted octanol–water partition coefficient (Wildman–Crippen LogP) is 3.24. The van der Waals surface area contributed by atoms with Crippen LogP contribution in [0.1, 0.15) is 29.2 Å². The molecule has 8 heteroatoms. The van der Waals surface area contributed by atoms with Crippen LogP contribution in [0.15, 0.2) is 89.9 Å². The highest BCUT2D eigenvalue weighted by molar-refractivity contribution is 6.19. The van der Waals surface area contributed by atoms with Gasteiger partial charge in [0.05, 0.1) is 18.0 Å². The van der Waals surface area contributed by atoms with E-state index in [0.717, 1.165) is 16.7 Å². The molecule has 0 saturated heterocycles. The number of rotatable bonds is 9. The van der Waals surface area contributed by atoms with Gasteiger partial charge >= 0.3 is 6.09 Å². The van der Waals surface area contributed by atoms with Gasteiger partial charge in [-0.05, 0) is 18.2 Å². The van der Waals surface area contributed by atoms with Gasteiger partial charge in [-0.2, -0.15) is 0 Å². The Kier molecular flexibility index (Phi) is 8.21. The number of hydrogen-bond acceptors (Lipinski definition) is 6. The van der Waals surface area contributed by atoms with Gasteiger partial charge in [0, 0.05) is 24.1 Å². The lowest BCUT2D eigenvalue weighted by Crippen LogP contribution is -2.43. The molecule has 2 atom stereocenters. The molecule has 0 saturated carbocycles. The first-order valence-corrected chi connectivity index (χ1v) is 11.5. The molecule has 0 unspecified atom stereocenters. The minimum Gasteiger partial charge on any atom is -0.441 e. The third-order valence-corrected chi connectivity index (χ3v) is 5.54. The largest absolute Gasteiger partial charge is 0.441 e. The van der Waals surface area contributed by atoms with Gasteiger partial charge in [0.1, 0.15) is 6.10 Å². The molecular formula is C27H28N4O4. The Morgan fingerprint density at radius 1 is 0.971 bits per heavy atom. The molecule has 4 N–H and O–H groups in total. The number of hydrogen-bond donors (Lipinski definition) is 4. The van der Waals surface area contributed by atoms with E-state index in [-0.39, 0.29) is 6.61 Å². The molecule has 3 aromatic rings. The van der Waals surface area contributed by atoms with Crippen LogP contribution in [0.5, 0.6) is 0 Å². The number of amides is 2. The smallest absolute Gasteiger partial charge is 0.409 e. The Bertz CT molecular complexity index is 1170. The molecule has 0 radical (unpaired) electrons. The molecule has 1 aliphatic rings. The molecule has 8 nitrogen and oxygen atoms in total. The first kappa shape index (κ1) is 24.1. The lowest BCUT2D eigenvalue weighted by Gasteiger charge is -2.20. The first-order valence-electron chi connectivity index (χ1n) is 11.5. The number of aliphatic hydroxyl groups excluding tert-OH is 1. The van der Waals surface area contributed by atoms with Crippen LogP contribution in [0.2, 0.25) is 0 Å². The Balaban J connectivity index is 1.54. The molecule has 1 heterocycles. The van der Waals surface area contributed by atoms with Crippen LogP contribution in [-0.2, 0) is 9.53 Å². The number of benzene rings is 3. The van der Waals surface area contributed by atoms with Gasteiger partial charge in [-0.1, -0.05) is 78.9 Å². The van der Waals surface area contributed by atoms with Gasteiger partial charge in [0.15, 0.2) is 0 Å². The van der Waals surface area contributed by atoms with Gasteiger partial charge in [-0.25, -0.2) is 9.79 Å². The second-order valence-electron chi connectivity index (χ2n) is 7.99. The molecule has 180 valence electrons. The summed E-state index contributed by atoms with van der Waals surface area (Å²) in [6, 6.07) is 26.3.